The highest BCUT2D eigenvalue weighted by atomic mass is 33.1. The van der Waals surface area contributed by atoms with Gasteiger partial charge in [0.05, 0.1) is 0 Å². The van der Waals surface area contributed by atoms with Crippen LogP contribution in [0.15, 0.2) is 0 Å². The van der Waals surface area contributed by atoms with Crippen molar-refractivity contribution in [1.82, 2.24) is 5.32 Å². The Bertz CT molecular complexity index is 258. The van der Waals surface area contributed by atoms with Crippen LogP contribution in [-0.4, -0.2) is 39.7 Å². The maximum absolute atomic E-state index is 11.0. The normalized spacial score (nSPS) is 11.8. The van der Waals surface area contributed by atoms with Crippen molar-refractivity contribution < 1.29 is 24.6 Å². The number of carboxylic acid groups (broad SMARTS) is 2. The van der Waals surface area contributed by atoms with Gasteiger partial charge in [0.1, 0.15) is 6.04 Å². The Hall–Kier alpha value is -0.890. The van der Waals surface area contributed by atoms with Crippen molar-refractivity contribution in [3.8, 4) is 0 Å². The second-order valence-electron chi connectivity index (χ2n) is 2.51. The molecule has 0 fully saturated rings. The van der Waals surface area contributed by atoms with Gasteiger partial charge in [0.25, 0.3) is 5.24 Å². The molecule has 0 aliphatic rings. The molecule has 0 aliphatic carbocycles. The SMILES string of the molecule is CSSC(=O)NC(CCC(=O)O)C(=O)O. The van der Waals surface area contributed by atoms with E-state index in [1.807, 2.05) is 0 Å². The smallest absolute Gasteiger partial charge is 0.326 e. The third kappa shape index (κ3) is 7.09. The highest BCUT2D eigenvalue weighted by Crippen LogP contribution is 2.17. The molecule has 0 radical (unpaired) electrons. The number of amides is 1. The van der Waals surface area contributed by atoms with Crippen LogP contribution < -0.4 is 5.32 Å². The Kier molecular flexibility index (Phi) is 6.97. The summed E-state index contributed by atoms with van der Waals surface area (Å²) in [4.78, 5) is 31.9. The summed E-state index contributed by atoms with van der Waals surface area (Å²) in [5, 5.41) is 18.8. The molecule has 0 aromatic rings. The molecule has 0 aliphatic heterocycles. The number of aliphatic carboxylic acids is 2. The van der Waals surface area contributed by atoms with Gasteiger partial charge in [-0.1, -0.05) is 10.8 Å². The van der Waals surface area contributed by atoms with E-state index in [4.69, 9.17) is 10.2 Å². The molecular formula is C7H11NO5S2. The van der Waals surface area contributed by atoms with Gasteiger partial charge in [-0.25, -0.2) is 4.79 Å². The van der Waals surface area contributed by atoms with Crippen molar-refractivity contribution in [3.63, 3.8) is 0 Å². The molecule has 86 valence electrons. The van der Waals surface area contributed by atoms with E-state index >= 15 is 0 Å². The Balaban J connectivity index is 4.10. The zero-order valence-electron chi connectivity index (χ0n) is 7.93. The Morgan fingerprint density at radius 2 is 1.93 bits per heavy atom. The summed E-state index contributed by atoms with van der Waals surface area (Å²) < 4.78 is 0. The quantitative estimate of drug-likeness (QED) is 0.607. The molecule has 6 nitrogen and oxygen atoms in total. The third-order valence-electron chi connectivity index (χ3n) is 1.40. The lowest BCUT2D eigenvalue weighted by Gasteiger charge is -2.11. The van der Waals surface area contributed by atoms with Gasteiger partial charge in [0.2, 0.25) is 0 Å². The molecule has 15 heavy (non-hydrogen) atoms. The molecule has 0 heterocycles. The molecule has 0 aromatic heterocycles. The van der Waals surface area contributed by atoms with Gasteiger partial charge in [0.15, 0.2) is 0 Å². The lowest BCUT2D eigenvalue weighted by Crippen LogP contribution is -2.39. The molecule has 0 rings (SSSR count). The zero-order chi connectivity index (χ0) is 11.8. The fourth-order valence-corrected chi connectivity index (χ4v) is 1.71. The van der Waals surface area contributed by atoms with Crippen molar-refractivity contribution in [2.75, 3.05) is 6.26 Å². The first-order chi connectivity index (χ1) is 6.97. The summed E-state index contributed by atoms with van der Waals surface area (Å²) in [5.74, 6) is -2.32. The second-order valence-corrected chi connectivity index (χ2v) is 4.88. The highest BCUT2D eigenvalue weighted by molar-refractivity contribution is 8.81. The van der Waals surface area contributed by atoms with E-state index < -0.39 is 23.2 Å². The van der Waals surface area contributed by atoms with Crippen LogP contribution in [-0.2, 0) is 9.59 Å². The predicted octanol–water partition coefficient (Wildman–Crippen LogP) is 1.03. The standard InChI is InChI=1S/C7H11NO5S2/c1-14-15-7(13)8-4(6(11)12)2-3-5(9)10/h4H,2-3H2,1H3,(H,8,13)(H,9,10)(H,11,12). The predicted molar refractivity (Wildman–Crippen MR) is 57.9 cm³/mol. The van der Waals surface area contributed by atoms with Gasteiger partial charge >= 0.3 is 11.9 Å². The first kappa shape index (κ1) is 14.1. The zero-order valence-corrected chi connectivity index (χ0v) is 9.56. The molecular weight excluding hydrogens is 242 g/mol. The van der Waals surface area contributed by atoms with Crippen LogP contribution in [0.3, 0.4) is 0 Å². The molecule has 3 N–H and O–H groups in total. The van der Waals surface area contributed by atoms with E-state index in [2.05, 4.69) is 5.32 Å². The minimum atomic E-state index is -1.23. The van der Waals surface area contributed by atoms with Crippen molar-refractivity contribution in [2.24, 2.45) is 0 Å². The van der Waals surface area contributed by atoms with Crippen LogP contribution in [0.5, 0.6) is 0 Å². The maximum atomic E-state index is 11.0. The summed E-state index contributed by atoms with van der Waals surface area (Å²) >= 11 is 0. The summed E-state index contributed by atoms with van der Waals surface area (Å²) in [6, 6.07) is -1.15. The number of carbonyl (C=O) groups is 3. The minimum Gasteiger partial charge on any atom is -0.481 e. The number of rotatable bonds is 6. The number of carbonyl (C=O) groups excluding carboxylic acids is 1. The first-order valence-electron chi connectivity index (χ1n) is 3.93. The van der Waals surface area contributed by atoms with Crippen LogP contribution in [0.25, 0.3) is 0 Å². The van der Waals surface area contributed by atoms with Gasteiger partial charge in [0, 0.05) is 17.2 Å². The topological polar surface area (TPSA) is 104 Å². The van der Waals surface area contributed by atoms with Gasteiger partial charge in [-0.3, -0.25) is 9.59 Å². The minimum absolute atomic E-state index is 0.120. The average molecular weight is 253 g/mol. The van der Waals surface area contributed by atoms with Crippen molar-refractivity contribution in [1.29, 1.82) is 0 Å². The van der Waals surface area contributed by atoms with Crippen LogP contribution in [0.4, 0.5) is 4.79 Å². The van der Waals surface area contributed by atoms with Crippen LogP contribution >= 0.6 is 21.6 Å². The van der Waals surface area contributed by atoms with E-state index in [1.54, 1.807) is 6.26 Å². The summed E-state index contributed by atoms with van der Waals surface area (Å²) in [6.07, 6.45) is 1.27. The number of hydrogen-bond acceptors (Lipinski definition) is 5. The summed E-state index contributed by atoms with van der Waals surface area (Å²) in [6.45, 7) is 0. The third-order valence-corrected chi connectivity index (χ3v) is 2.79. The van der Waals surface area contributed by atoms with E-state index in [9.17, 15) is 14.4 Å². The second kappa shape index (κ2) is 7.41. The van der Waals surface area contributed by atoms with Gasteiger partial charge in [-0.2, -0.15) is 0 Å². The lowest BCUT2D eigenvalue weighted by atomic mass is 10.1. The Morgan fingerprint density at radius 1 is 1.33 bits per heavy atom. The highest BCUT2D eigenvalue weighted by Gasteiger charge is 2.20. The lowest BCUT2D eigenvalue weighted by molar-refractivity contribution is -0.140. The van der Waals surface area contributed by atoms with E-state index in [0.717, 1.165) is 10.8 Å². The summed E-state index contributed by atoms with van der Waals surface area (Å²) in [5.41, 5.74) is 0. The van der Waals surface area contributed by atoms with E-state index in [1.165, 1.54) is 10.8 Å². The Labute approximate surface area is 94.2 Å². The molecule has 1 unspecified atom stereocenters. The maximum Gasteiger partial charge on any atom is 0.326 e. The van der Waals surface area contributed by atoms with Crippen LogP contribution in [0, 0.1) is 0 Å². The fourth-order valence-electron chi connectivity index (χ4n) is 0.767. The van der Waals surface area contributed by atoms with Crippen molar-refractivity contribution >= 4 is 38.8 Å². The molecule has 0 saturated carbocycles. The van der Waals surface area contributed by atoms with Crippen molar-refractivity contribution in [2.45, 2.75) is 18.9 Å². The van der Waals surface area contributed by atoms with Gasteiger partial charge in [-0.15, -0.1) is 0 Å². The molecule has 0 spiro atoms. The molecule has 1 atom stereocenters. The summed E-state index contributed by atoms with van der Waals surface area (Å²) in [7, 11) is 2.05. The first-order valence-corrected chi connectivity index (χ1v) is 6.49. The van der Waals surface area contributed by atoms with Gasteiger partial charge in [-0.05, 0) is 12.7 Å². The molecule has 1 amide bonds. The molecule has 0 aromatic carbocycles. The van der Waals surface area contributed by atoms with Gasteiger partial charge < -0.3 is 15.5 Å². The largest absolute Gasteiger partial charge is 0.481 e. The fraction of sp³-hybridized carbons (Fsp3) is 0.571. The van der Waals surface area contributed by atoms with Crippen LogP contribution in [0.2, 0.25) is 0 Å². The average Bonchev–Trinajstić information content (AvgIpc) is 2.11. The van der Waals surface area contributed by atoms with E-state index in [0.29, 0.717) is 0 Å². The molecule has 8 heteroatoms. The molecule has 0 saturated heterocycles. The number of nitrogens with one attached hydrogen (secondary N) is 1. The van der Waals surface area contributed by atoms with Crippen molar-refractivity contribution in [3.05, 3.63) is 0 Å². The monoisotopic (exact) mass is 253 g/mol. The molecule has 0 bridgehead atoms. The van der Waals surface area contributed by atoms with Crippen LogP contribution in [0.1, 0.15) is 12.8 Å². The number of hydrogen-bond donors (Lipinski definition) is 3. The number of carboxylic acids is 2. The Morgan fingerprint density at radius 3 is 2.33 bits per heavy atom. The van der Waals surface area contributed by atoms with E-state index in [-0.39, 0.29) is 12.8 Å².